The zero-order valence-electron chi connectivity index (χ0n) is 8.42. The first kappa shape index (κ1) is 13.6. The van der Waals surface area contributed by atoms with Gasteiger partial charge in [-0.05, 0) is 11.6 Å². The van der Waals surface area contributed by atoms with E-state index in [1.807, 2.05) is 0 Å². The molecule has 0 saturated carbocycles. The fraction of sp³-hybridized carbons (Fsp3) is 0.300. The van der Waals surface area contributed by atoms with Crippen molar-refractivity contribution in [2.45, 2.75) is 18.9 Å². The lowest BCUT2D eigenvalue weighted by Gasteiger charge is -2.11. The minimum Gasteiger partial charge on any atom is -0.481 e. The van der Waals surface area contributed by atoms with E-state index in [1.165, 1.54) is 0 Å². The Kier molecular flexibility index (Phi) is 4.62. The summed E-state index contributed by atoms with van der Waals surface area (Å²) in [6.45, 7) is -3.10. The van der Waals surface area contributed by atoms with E-state index in [-0.39, 0.29) is 22.8 Å². The maximum Gasteiger partial charge on any atom is 0.387 e. The van der Waals surface area contributed by atoms with Gasteiger partial charge in [-0.1, -0.05) is 0 Å². The number of carboxylic acid groups (broad SMARTS) is 1. The van der Waals surface area contributed by atoms with Crippen LogP contribution in [0, 0.1) is 5.82 Å². The van der Waals surface area contributed by atoms with E-state index in [0.29, 0.717) is 6.07 Å². The zero-order valence-corrected chi connectivity index (χ0v) is 9.18. The molecular weight excluding hydrogens is 261 g/mol. The molecule has 0 aliphatic heterocycles. The van der Waals surface area contributed by atoms with Crippen LogP contribution in [0.4, 0.5) is 13.2 Å². The second-order valence-electron chi connectivity index (χ2n) is 3.13. The third-order valence-electron chi connectivity index (χ3n) is 1.93. The number of carbonyl (C=O) groups is 1. The van der Waals surface area contributed by atoms with E-state index < -0.39 is 24.8 Å². The van der Waals surface area contributed by atoms with Crippen LogP contribution in [0.1, 0.15) is 11.1 Å². The van der Waals surface area contributed by atoms with Crippen LogP contribution in [0.2, 0.25) is 0 Å². The topological polar surface area (TPSA) is 46.5 Å². The summed E-state index contributed by atoms with van der Waals surface area (Å²) in [5.74, 6) is -2.72. The molecule has 0 amide bonds. The van der Waals surface area contributed by atoms with Gasteiger partial charge in [0, 0.05) is 11.6 Å². The fourth-order valence-electron chi connectivity index (χ4n) is 1.26. The first-order chi connectivity index (χ1) is 7.93. The number of ether oxygens (including phenoxy) is 1. The van der Waals surface area contributed by atoms with Gasteiger partial charge >= 0.3 is 12.6 Å². The predicted molar refractivity (Wildman–Crippen MR) is 53.9 cm³/mol. The SMILES string of the molecule is O=C(O)Cc1cc(CCl)c(OC(F)F)cc1F. The molecule has 0 aliphatic carbocycles. The van der Waals surface area contributed by atoms with Crippen molar-refractivity contribution in [3.05, 3.63) is 29.1 Å². The first-order valence-corrected chi connectivity index (χ1v) is 5.01. The maximum atomic E-state index is 13.3. The Morgan fingerprint density at radius 3 is 2.53 bits per heavy atom. The van der Waals surface area contributed by atoms with Crippen molar-refractivity contribution in [3.8, 4) is 5.75 Å². The lowest BCUT2D eigenvalue weighted by atomic mass is 10.1. The highest BCUT2D eigenvalue weighted by Crippen LogP contribution is 2.26. The molecule has 0 unspecified atom stereocenters. The molecule has 1 aromatic carbocycles. The number of hydrogen-bond donors (Lipinski definition) is 1. The average molecular weight is 269 g/mol. The van der Waals surface area contributed by atoms with Crippen LogP contribution < -0.4 is 4.74 Å². The summed E-state index contributed by atoms with van der Waals surface area (Å²) in [4.78, 5) is 10.4. The second-order valence-corrected chi connectivity index (χ2v) is 3.40. The Morgan fingerprint density at radius 1 is 1.41 bits per heavy atom. The van der Waals surface area contributed by atoms with Crippen LogP contribution in [0.25, 0.3) is 0 Å². The van der Waals surface area contributed by atoms with Crippen molar-refractivity contribution in [2.24, 2.45) is 0 Å². The van der Waals surface area contributed by atoms with Crippen molar-refractivity contribution in [2.75, 3.05) is 0 Å². The number of aliphatic carboxylic acids is 1. The number of hydrogen-bond acceptors (Lipinski definition) is 2. The van der Waals surface area contributed by atoms with Gasteiger partial charge < -0.3 is 9.84 Å². The molecule has 17 heavy (non-hydrogen) atoms. The molecule has 0 spiro atoms. The zero-order chi connectivity index (χ0) is 13.0. The predicted octanol–water partition coefficient (Wildman–Crippen LogP) is 2.79. The maximum absolute atomic E-state index is 13.3. The van der Waals surface area contributed by atoms with Gasteiger partial charge in [-0.2, -0.15) is 8.78 Å². The smallest absolute Gasteiger partial charge is 0.387 e. The van der Waals surface area contributed by atoms with E-state index in [2.05, 4.69) is 4.74 Å². The van der Waals surface area contributed by atoms with E-state index in [1.54, 1.807) is 0 Å². The minimum atomic E-state index is -3.10. The van der Waals surface area contributed by atoms with Crippen LogP contribution in [0.3, 0.4) is 0 Å². The van der Waals surface area contributed by atoms with Crippen LogP contribution in [0.15, 0.2) is 12.1 Å². The lowest BCUT2D eigenvalue weighted by Crippen LogP contribution is -2.07. The number of carboxylic acids is 1. The molecule has 0 heterocycles. The number of halogens is 4. The molecule has 0 aliphatic rings. The summed E-state index contributed by atoms with van der Waals surface area (Å²) in [5.41, 5.74) is -0.0145. The minimum absolute atomic E-state index is 0.115. The fourth-order valence-corrected chi connectivity index (χ4v) is 1.47. The Balaban J connectivity index is 3.10. The standard InChI is InChI=1S/C10H8ClF3O3/c11-4-6-1-5(2-9(15)16)7(12)3-8(6)17-10(13)14/h1,3,10H,2,4H2,(H,15,16). The van der Waals surface area contributed by atoms with Gasteiger partial charge in [0.25, 0.3) is 0 Å². The molecule has 1 N–H and O–H groups in total. The van der Waals surface area contributed by atoms with Crippen molar-refractivity contribution in [1.29, 1.82) is 0 Å². The van der Waals surface area contributed by atoms with Crippen molar-refractivity contribution in [1.82, 2.24) is 0 Å². The molecule has 0 saturated heterocycles. The summed E-state index contributed by atoms with van der Waals surface area (Å²) in [6.07, 6.45) is -0.551. The summed E-state index contributed by atoms with van der Waals surface area (Å²) < 4.78 is 41.4. The molecule has 1 rings (SSSR count). The number of alkyl halides is 3. The first-order valence-electron chi connectivity index (χ1n) is 4.48. The Hall–Kier alpha value is -1.43. The molecule has 0 fully saturated rings. The normalized spacial score (nSPS) is 10.6. The van der Waals surface area contributed by atoms with Gasteiger partial charge in [0.05, 0.1) is 12.3 Å². The Morgan fingerprint density at radius 2 is 2.06 bits per heavy atom. The summed E-state index contributed by atoms with van der Waals surface area (Å²) in [7, 11) is 0. The largest absolute Gasteiger partial charge is 0.481 e. The van der Waals surface area contributed by atoms with E-state index in [4.69, 9.17) is 16.7 Å². The van der Waals surface area contributed by atoms with Gasteiger partial charge in [0.1, 0.15) is 11.6 Å². The molecular formula is C10H8ClF3O3. The van der Waals surface area contributed by atoms with Crippen LogP contribution >= 0.6 is 11.6 Å². The number of rotatable bonds is 5. The highest BCUT2D eigenvalue weighted by Gasteiger charge is 2.15. The molecule has 7 heteroatoms. The highest BCUT2D eigenvalue weighted by molar-refractivity contribution is 6.17. The third-order valence-corrected chi connectivity index (χ3v) is 2.22. The molecule has 1 aromatic rings. The third kappa shape index (κ3) is 3.81. The molecule has 94 valence electrons. The van der Waals surface area contributed by atoms with Crippen LogP contribution in [0.5, 0.6) is 5.75 Å². The quantitative estimate of drug-likeness (QED) is 0.835. The van der Waals surface area contributed by atoms with Crippen molar-refractivity contribution in [3.63, 3.8) is 0 Å². The van der Waals surface area contributed by atoms with Gasteiger partial charge in [0.2, 0.25) is 0 Å². The molecule has 0 radical (unpaired) electrons. The molecule has 0 atom stereocenters. The van der Waals surface area contributed by atoms with Crippen molar-refractivity contribution < 1.29 is 27.8 Å². The molecule has 0 bridgehead atoms. The van der Waals surface area contributed by atoms with Gasteiger partial charge in [-0.25, -0.2) is 4.39 Å². The lowest BCUT2D eigenvalue weighted by molar-refractivity contribution is -0.136. The van der Waals surface area contributed by atoms with Crippen molar-refractivity contribution >= 4 is 17.6 Å². The summed E-state index contributed by atoms with van der Waals surface area (Å²) in [5, 5.41) is 8.52. The molecule has 0 aromatic heterocycles. The summed E-state index contributed by atoms with van der Waals surface area (Å²) in [6, 6.07) is 1.82. The molecule has 3 nitrogen and oxygen atoms in total. The van der Waals surface area contributed by atoms with Crippen LogP contribution in [-0.2, 0) is 17.1 Å². The second kappa shape index (κ2) is 5.77. The van der Waals surface area contributed by atoms with Gasteiger partial charge in [-0.15, -0.1) is 11.6 Å². The van der Waals surface area contributed by atoms with Gasteiger partial charge in [0.15, 0.2) is 0 Å². The van der Waals surface area contributed by atoms with Crippen LogP contribution in [-0.4, -0.2) is 17.7 Å². The monoisotopic (exact) mass is 268 g/mol. The highest BCUT2D eigenvalue weighted by atomic mass is 35.5. The van der Waals surface area contributed by atoms with E-state index in [0.717, 1.165) is 6.07 Å². The Bertz CT molecular complexity index is 424. The van der Waals surface area contributed by atoms with Gasteiger partial charge in [-0.3, -0.25) is 4.79 Å². The summed E-state index contributed by atoms with van der Waals surface area (Å²) >= 11 is 5.48. The van der Waals surface area contributed by atoms with E-state index >= 15 is 0 Å². The van der Waals surface area contributed by atoms with E-state index in [9.17, 15) is 18.0 Å². The average Bonchev–Trinajstić information content (AvgIpc) is 2.20. The Labute approximate surface area is 99.8 Å². The number of benzene rings is 1.